The minimum absolute atomic E-state index is 0.191. The Balaban J connectivity index is 2.04. The summed E-state index contributed by atoms with van der Waals surface area (Å²) in [6.45, 7) is 2.10. The molecule has 2 aromatic rings. The maximum Gasteiger partial charge on any atom is 0.118 e. The highest BCUT2D eigenvalue weighted by molar-refractivity contribution is 7.80. The van der Waals surface area contributed by atoms with E-state index in [0.29, 0.717) is 0 Å². The van der Waals surface area contributed by atoms with E-state index in [1.54, 1.807) is 7.11 Å². The summed E-state index contributed by atoms with van der Waals surface area (Å²) in [5.41, 5.74) is 2.22. The quantitative estimate of drug-likeness (QED) is 0.856. The predicted octanol–water partition coefficient (Wildman–Crippen LogP) is 3.72. The van der Waals surface area contributed by atoms with Crippen LogP contribution in [-0.2, 0) is 0 Å². The molecule has 1 atom stereocenters. The van der Waals surface area contributed by atoms with Crippen molar-refractivity contribution in [2.24, 2.45) is 0 Å². The minimum Gasteiger partial charge on any atom is -0.497 e. The standard InChI is InChI=1S/C16H17NOS/c1-12(13-6-4-3-5-7-13)17-16(19)14-8-10-15(18-2)11-9-14/h3-12H,1-2H3,(H,17,19)/t12-/m1/s1. The van der Waals surface area contributed by atoms with Crippen molar-refractivity contribution in [1.82, 2.24) is 5.32 Å². The Morgan fingerprint density at radius 1 is 1.05 bits per heavy atom. The average Bonchev–Trinajstić information content (AvgIpc) is 2.48. The average molecular weight is 271 g/mol. The highest BCUT2D eigenvalue weighted by Crippen LogP contribution is 2.15. The van der Waals surface area contributed by atoms with Crippen LogP contribution in [-0.4, -0.2) is 12.1 Å². The van der Waals surface area contributed by atoms with E-state index in [2.05, 4.69) is 24.4 Å². The molecule has 0 saturated heterocycles. The molecule has 0 spiro atoms. The van der Waals surface area contributed by atoms with Crippen molar-refractivity contribution in [3.63, 3.8) is 0 Å². The Kier molecular flexibility index (Phi) is 4.53. The summed E-state index contributed by atoms with van der Waals surface area (Å²) in [5, 5.41) is 3.34. The fraction of sp³-hybridized carbons (Fsp3) is 0.188. The number of rotatable bonds is 4. The van der Waals surface area contributed by atoms with E-state index in [4.69, 9.17) is 17.0 Å². The Morgan fingerprint density at radius 3 is 2.26 bits per heavy atom. The van der Waals surface area contributed by atoms with Gasteiger partial charge in [-0.3, -0.25) is 0 Å². The molecule has 0 unspecified atom stereocenters. The third kappa shape index (κ3) is 3.55. The number of nitrogens with one attached hydrogen (secondary N) is 1. The molecular weight excluding hydrogens is 254 g/mol. The van der Waals surface area contributed by atoms with Gasteiger partial charge < -0.3 is 10.1 Å². The van der Waals surface area contributed by atoms with Crippen LogP contribution in [0.1, 0.15) is 24.1 Å². The predicted molar refractivity (Wildman–Crippen MR) is 82.7 cm³/mol. The molecule has 0 radical (unpaired) electrons. The normalized spacial score (nSPS) is 11.7. The van der Waals surface area contributed by atoms with Crippen LogP contribution in [0.15, 0.2) is 54.6 Å². The van der Waals surface area contributed by atoms with Crippen LogP contribution >= 0.6 is 12.2 Å². The lowest BCUT2D eigenvalue weighted by Gasteiger charge is -2.16. The van der Waals surface area contributed by atoms with Gasteiger partial charge in [0.25, 0.3) is 0 Å². The van der Waals surface area contributed by atoms with Crippen LogP contribution in [0.4, 0.5) is 0 Å². The van der Waals surface area contributed by atoms with Crippen LogP contribution in [0.25, 0.3) is 0 Å². The lowest BCUT2D eigenvalue weighted by Crippen LogP contribution is -2.25. The number of benzene rings is 2. The second-order valence-electron chi connectivity index (χ2n) is 4.33. The SMILES string of the molecule is COc1ccc(C(=S)N[C@H](C)c2ccccc2)cc1. The lowest BCUT2D eigenvalue weighted by atomic mass is 10.1. The van der Waals surface area contributed by atoms with Crippen molar-refractivity contribution in [3.05, 3.63) is 65.7 Å². The minimum atomic E-state index is 0.191. The Bertz CT molecular complexity index is 536. The maximum absolute atomic E-state index is 5.42. The van der Waals surface area contributed by atoms with Gasteiger partial charge >= 0.3 is 0 Å². The summed E-state index contributed by atoms with van der Waals surface area (Å²) >= 11 is 5.42. The molecule has 1 N–H and O–H groups in total. The number of ether oxygens (including phenoxy) is 1. The van der Waals surface area contributed by atoms with Gasteiger partial charge in [0.2, 0.25) is 0 Å². The van der Waals surface area contributed by atoms with Gasteiger partial charge in [-0.05, 0) is 36.8 Å². The van der Waals surface area contributed by atoms with E-state index >= 15 is 0 Å². The molecule has 2 nitrogen and oxygen atoms in total. The van der Waals surface area contributed by atoms with Gasteiger partial charge in [0.1, 0.15) is 10.7 Å². The van der Waals surface area contributed by atoms with E-state index in [-0.39, 0.29) is 6.04 Å². The van der Waals surface area contributed by atoms with Gasteiger partial charge in [0.15, 0.2) is 0 Å². The summed E-state index contributed by atoms with van der Waals surface area (Å²) in [4.78, 5) is 0.749. The second-order valence-corrected chi connectivity index (χ2v) is 4.74. The molecule has 98 valence electrons. The van der Waals surface area contributed by atoms with Gasteiger partial charge in [0.05, 0.1) is 7.11 Å². The monoisotopic (exact) mass is 271 g/mol. The molecule has 0 aliphatic carbocycles. The molecule has 0 heterocycles. The van der Waals surface area contributed by atoms with Gasteiger partial charge in [-0.2, -0.15) is 0 Å². The molecule has 19 heavy (non-hydrogen) atoms. The van der Waals surface area contributed by atoms with E-state index < -0.39 is 0 Å². The number of thiocarbonyl (C=S) groups is 1. The zero-order valence-corrected chi connectivity index (χ0v) is 11.9. The first kappa shape index (κ1) is 13.6. The van der Waals surface area contributed by atoms with Crippen molar-refractivity contribution >= 4 is 17.2 Å². The first-order valence-electron chi connectivity index (χ1n) is 6.20. The molecule has 0 aromatic heterocycles. The molecule has 2 rings (SSSR count). The lowest BCUT2D eigenvalue weighted by molar-refractivity contribution is 0.415. The van der Waals surface area contributed by atoms with E-state index in [1.807, 2.05) is 42.5 Å². The topological polar surface area (TPSA) is 21.3 Å². The van der Waals surface area contributed by atoms with Crippen molar-refractivity contribution < 1.29 is 4.74 Å². The van der Waals surface area contributed by atoms with Crippen LogP contribution in [0, 0.1) is 0 Å². The number of hydrogen-bond acceptors (Lipinski definition) is 2. The first-order valence-corrected chi connectivity index (χ1v) is 6.61. The highest BCUT2D eigenvalue weighted by Gasteiger charge is 2.08. The van der Waals surface area contributed by atoms with E-state index in [0.717, 1.165) is 16.3 Å². The van der Waals surface area contributed by atoms with Gasteiger partial charge in [-0.25, -0.2) is 0 Å². The van der Waals surface area contributed by atoms with Gasteiger partial charge in [0, 0.05) is 11.6 Å². The molecule has 3 heteroatoms. The maximum atomic E-state index is 5.42. The summed E-state index contributed by atoms with van der Waals surface area (Å²) < 4.78 is 5.14. The molecule has 0 bridgehead atoms. The largest absolute Gasteiger partial charge is 0.497 e. The zero-order valence-electron chi connectivity index (χ0n) is 11.1. The Labute approximate surface area is 119 Å². The summed E-state index contributed by atoms with van der Waals surface area (Å²) in [5.74, 6) is 0.836. The molecular formula is C16H17NOS. The van der Waals surface area contributed by atoms with Gasteiger partial charge in [-0.15, -0.1) is 0 Å². The van der Waals surface area contributed by atoms with Crippen LogP contribution in [0.2, 0.25) is 0 Å². The van der Waals surface area contributed by atoms with Crippen LogP contribution in [0.3, 0.4) is 0 Å². The molecule has 0 saturated carbocycles. The van der Waals surface area contributed by atoms with Crippen LogP contribution in [0.5, 0.6) is 5.75 Å². The smallest absolute Gasteiger partial charge is 0.118 e. The van der Waals surface area contributed by atoms with E-state index in [1.165, 1.54) is 5.56 Å². The summed E-state index contributed by atoms with van der Waals surface area (Å²) in [7, 11) is 1.66. The summed E-state index contributed by atoms with van der Waals surface area (Å²) in [6, 6.07) is 18.2. The van der Waals surface area contributed by atoms with Crippen molar-refractivity contribution in [2.75, 3.05) is 7.11 Å². The summed E-state index contributed by atoms with van der Waals surface area (Å²) in [6.07, 6.45) is 0. The van der Waals surface area contributed by atoms with E-state index in [9.17, 15) is 0 Å². The first-order chi connectivity index (χ1) is 9.20. The molecule has 0 aliphatic heterocycles. The van der Waals surface area contributed by atoms with Crippen molar-refractivity contribution in [1.29, 1.82) is 0 Å². The molecule has 0 fully saturated rings. The third-order valence-corrected chi connectivity index (χ3v) is 3.35. The fourth-order valence-corrected chi connectivity index (χ4v) is 2.16. The van der Waals surface area contributed by atoms with Gasteiger partial charge in [-0.1, -0.05) is 42.5 Å². The fourth-order valence-electron chi connectivity index (χ4n) is 1.85. The number of hydrogen-bond donors (Lipinski definition) is 1. The highest BCUT2D eigenvalue weighted by atomic mass is 32.1. The van der Waals surface area contributed by atoms with Crippen LogP contribution < -0.4 is 10.1 Å². The third-order valence-electron chi connectivity index (χ3n) is 3.00. The molecule has 2 aromatic carbocycles. The van der Waals surface area contributed by atoms with Crippen molar-refractivity contribution in [3.8, 4) is 5.75 Å². The number of methoxy groups -OCH3 is 1. The Morgan fingerprint density at radius 2 is 1.68 bits per heavy atom. The Hall–Kier alpha value is -1.87. The second kappa shape index (κ2) is 6.34. The molecule has 0 aliphatic rings. The van der Waals surface area contributed by atoms with Crippen molar-refractivity contribution in [2.45, 2.75) is 13.0 Å². The molecule has 0 amide bonds. The zero-order chi connectivity index (χ0) is 13.7.